The Balaban J connectivity index is 1.67. The van der Waals surface area contributed by atoms with Crippen LogP contribution in [0.3, 0.4) is 0 Å². The molecule has 5 rings (SSSR count). The number of hydrogen-bond acceptors (Lipinski definition) is 9. The number of halogens is 3. The molecule has 0 radical (unpaired) electrons. The Bertz CT molecular complexity index is 1330. The molecule has 0 aliphatic carbocycles. The highest BCUT2D eigenvalue weighted by Crippen LogP contribution is 2.39. The largest absolute Gasteiger partial charge is 0.417 e. The van der Waals surface area contributed by atoms with Crippen LogP contribution in [0.4, 0.5) is 35.8 Å². The van der Waals surface area contributed by atoms with E-state index in [1.54, 1.807) is 6.20 Å². The smallest absolute Gasteiger partial charge is 0.384 e. The number of pyridine rings is 1. The highest BCUT2D eigenvalue weighted by molar-refractivity contribution is 7.13. The van der Waals surface area contributed by atoms with Gasteiger partial charge in [-0.25, -0.2) is 19.9 Å². The number of anilines is 4. The topological polar surface area (TPSA) is 102 Å². The first-order valence-corrected chi connectivity index (χ1v) is 11.6. The van der Waals surface area contributed by atoms with Crippen LogP contribution in [0.25, 0.3) is 22.5 Å². The molecule has 1 saturated heterocycles. The monoisotopic (exact) mass is 499 g/mol. The molecule has 0 unspecified atom stereocenters. The molecule has 0 saturated carbocycles. The molecule has 8 nitrogen and oxygen atoms in total. The van der Waals surface area contributed by atoms with Crippen LogP contribution in [-0.2, 0) is 10.9 Å². The van der Waals surface area contributed by atoms with Crippen molar-refractivity contribution in [2.75, 3.05) is 42.3 Å². The molecule has 1 aliphatic heterocycles. The average Bonchev–Trinajstić information content (AvgIpc) is 3.37. The van der Waals surface area contributed by atoms with Gasteiger partial charge in [-0.05, 0) is 18.2 Å². The molecule has 1 fully saturated rings. The summed E-state index contributed by atoms with van der Waals surface area (Å²) in [6, 6.07) is 9.76. The maximum absolute atomic E-state index is 13.9. The Morgan fingerprint density at radius 2 is 1.74 bits per heavy atom. The van der Waals surface area contributed by atoms with Crippen LogP contribution in [0.5, 0.6) is 0 Å². The Morgan fingerprint density at radius 3 is 2.46 bits per heavy atom. The van der Waals surface area contributed by atoms with Crippen molar-refractivity contribution < 1.29 is 17.9 Å². The highest BCUT2D eigenvalue weighted by atomic mass is 32.1. The second-order valence-electron chi connectivity index (χ2n) is 7.70. The summed E-state index contributed by atoms with van der Waals surface area (Å²) in [5.74, 6) is 0.0940. The van der Waals surface area contributed by atoms with E-state index in [0.29, 0.717) is 54.3 Å². The van der Waals surface area contributed by atoms with Gasteiger partial charge in [-0.2, -0.15) is 13.2 Å². The van der Waals surface area contributed by atoms with Crippen molar-refractivity contribution in [3.8, 4) is 22.5 Å². The van der Waals surface area contributed by atoms with Crippen molar-refractivity contribution in [1.82, 2.24) is 19.9 Å². The number of para-hydroxylation sites is 1. The summed E-state index contributed by atoms with van der Waals surface area (Å²) in [6.07, 6.45) is -1.85. The number of aromatic nitrogens is 4. The van der Waals surface area contributed by atoms with Crippen LogP contribution >= 0.6 is 11.3 Å². The van der Waals surface area contributed by atoms with Gasteiger partial charge in [-0.3, -0.25) is 0 Å². The maximum Gasteiger partial charge on any atom is 0.417 e. The normalized spacial score (nSPS) is 14.2. The standard InChI is InChI=1S/C23H20F3N7OS/c24-23(25,26)16-11-20(27)29-13-15(16)19-12-18(30-21(31-19)33-6-8-34-9-7-33)14-3-1-2-4-17(14)32-22-28-5-10-35-22/h1-5,10-13H,6-9H2,(H2,27,29)(H,28,32). The van der Waals surface area contributed by atoms with Gasteiger partial charge in [0.25, 0.3) is 0 Å². The van der Waals surface area contributed by atoms with Crippen molar-refractivity contribution >= 4 is 33.9 Å². The molecule has 1 aliphatic rings. The van der Waals surface area contributed by atoms with E-state index in [9.17, 15) is 13.2 Å². The third-order valence-corrected chi connectivity index (χ3v) is 6.08. The zero-order valence-electron chi connectivity index (χ0n) is 18.3. The highest BCUT2D eigenvalue weighted by Gasteiger charge is 2.35. The summed E-state index contributed by atoms with van der Waals surface area (Å²) >= 11 is 1.43. The summed E-state index contributed by atoms with van der Waals surface area (Å²) in [7, 11) is 0. The number of nitrogen functional groups attached to an aromatic ring is 1. The van der Waals surface area contributed by atoms with Crippen molar-refractivity contribution in [2.24, 2.45) is 0 Å². The Hall–Kier alpha value is -3.77. The van der Waals surface area contributed by atoms with Crippen molar-refractivity contribution in [1.29, 1.82) is 0 Å². The number of rotatable bonds is 5. The minimum absolute atomic E-state index is 0.0976. The molecule has 0 spiro atoms. The zero-order valence-corrected chi connectivity index (χ0v) is 19.1. The summed E-state index contributed by atoms with van der Waals surface area (Å²) in [5.41, 5.74) is 6.46. The number of nitrogens with one attached hydrogen (secondary N) is 1. The third-order valence-electron chi connectivity index (χ3n) is 5.39. The van der Waals surface area contributed by atoms with E-state index in [2.05, 4.69) is 20.3 Å². The van der Waals surface area contributed by atoms with Crippen molar-refractivity contribution in [3.05, 3.63) is 59.7 Å². The fourth-order valence-electron chi connectivity index (χ4n) is 3.74. The second-order valence-corrected chi connectivity index (χ2v) is 8.59. The number of hydrogen-bond donors (Lipinski definition) is 2. The third kappa shape index (κ3) is 5.03. The molecule has 0 atom stereocenters. The average molecular weight is 500 g/mol. The lowest BCUT2D eigenvalue weighted by atomic mass is 10.0. The molecule has 12 heteroatoms. The molecule has 0 amide bonds. The van der Waals surface area contributed by atoms with Crippen LogP contribution in [0.15, 0.2) is 54.2 Å². The van der Waals surface area contributed by atoms with E-state index < -0.39 is 11.7 Å². The van der Waals surface area contributed by atoms with Gasteiger partial charge in [-0.15, -0.1) is 11.3 Å². The van der Waals surface area contributed by atoms with Gasteiger partial charge in [0.05, 0.1) is 30.2 Å². The molecule has 3 N–H and O–H groups in total. The Labute approximate surface area is 202 Å². The minimum Gasteiger partial charge on any atom is -0.384 e. The summed E-state index contributed by atoms with van der Waals surface area (Å²) < 4.78 is 47.1. The molecule has 4 aromatic rings. The Morgan fingerprint density at radius 1 is 1.00 bits per heavy atom. The fourth-order valence-corrected chi connectivity index (χ4v) is 4.28. The van der Waals surface area contributed by atoms with Gasteiger partial charge in [0.1, 0.15) is 5.82 Å². The number of ether oxygens (including phenoxy) is 1. The molecule has 4 heterocycles. The van der Waals surface area contributed by atoms with Crippen LogP contribution < -0.4 is 16.0 Å². The lowest BCUT2D eigenvalue weighted by molar-refractivity contribution is -0.137. The summed E-state index contributed by atoms with van der Waals surface area (Å²) in [6.45, 7) is 1.99. The first-order chi connectivity index (χ1) is 16.9. The number of nitrogens with zero attached hydrogens (tertiary/aromatic N) is 5. The number of thiazole rings is 1. The SMILES string of the molecule is Nc1cc(C(F)(F)F)c(-c2cc(-c3ccccc3Nc3nccs3)nc(N3CCOCC3)n2)cn1. The van der Waals surface area contributed by atoms with E-state index in [-0.39, 0.29) is 17.1 Å². The van der Waals surface area contributed by atoms with Gasteiger partial charge in [-0.1, -0.05) is 18.2 Å². The predicted octanol–water partition coefficient (Wildman–Crippen LogP) is 4.84. The maximum atomic E-state index is 13.9. The van der Waals surface area contributed by atoms with Crippen LogP contribution in [0.2, 0.25) is 0 Å². The molecular weight excluding hydrogens is 479 g/mol. The van der Waals surface area contributed by atoms with Gasteiger partial charge >= 0.3 is 6.18 Å². The van der Waals surface area contributed by atoms with Crippen LogP contribution in [0.1, 0.15) is 5.56 Å². The van der Waals surface area contributed by atoms with E-state index in [0.717, 1.165) is 12.3 Å². The van der Waals surface area contributed by atoms with Crippen LogP contribution in [-0.4, -0.2) is 46.2 Å². The van der Waals surface area contributed by atoms with E-state index in [4.69, 9.17) is 15.5 Å². The lowest BCUT2D eigenvalue weighted by Crippen LogP contribution is -2.37. The first-order valence-electron chi connectivity index (χ1n) is 10.7. The number of alkyl halides is 3. The number of nitrogens with two attached hydrogens (primary N) is 1. The predicted molar refractivity (Wildman–Crippen MR) is 129 cm³/mol. The summed E-state index contributed by atoms with van der Waals surface area (Å²) in [5, 5.41) is 5.78. The summed E-state index contributed by atoms with van der Waals surface area (Å²) in [4.78, 5) is 19.3. The molecule has 0 bridgehead atoms. The fraction of sp³-hybridized carbons (Fsp3) is 0.217. The van der Waals surface area contributed by atoms with Crippen molar-refractivity contribution in [2.45, 2.75) is 6.18 Å². The first kappa shape index (κ1) is 23.0. The Kier molecular flexibility index (Phi) is 6.22. The molecule has 180 valence electrons. The minimum atomic E-state index is -4.64. The van der Waals surface area contributed by atoms with Crippen molar-refractivity contribution in [3.63, 3.8) is 0 Å². The number of benzene rings is 1. The van der Waals surface area contributed by atoms with E-state index in [1.165, 1.54) is 17.4 Å². The van der Waals surface area contributed by atoms with Gasteiger partial charge in [0, 0.05) is 47.7 Å². The van der Waals surface area contributed by atoms with Gasteiger partial charge < -0.3 is 20.7 Å². The molecule has 35 heavy (non-hydrogen) atoms. The van der Waals surface area contributed by atoms with Crippen LogP contribution in [0, 0.1) is 0 Å². The van der Waals surface area contributed by atoms with E-state index >= 15 is 0 Å². The zero-order chi connectivity index (χ0) is 24.4. The molecular formula is C23H20F3N7OS. The molecule has 1 aromatic carbocycles. The van der Waals surface area contributed by atoms with Gasteiger partial charge in [0.15, 0.2) is 5.13 Å². The van der Waals surface area contributed by atoms with E-state index in [1.807, 2.05) is 34.5 Å². The second kappa shape index (κ2) is 9.47. The van der Waals surface area contributed by atoms with Gasteiger partial charge in [0.2, 0.25) is 5.95 Å². The lowest BCUT2D eigenvalue weighted by Gasteiger charge is -2.27. The quantitative estimate of drug-likeness (QED) is 0.402. The number of morpholine rings is 1. The molecule has 3 aromatic heterocycles.